The molecule has 2 heterocycles. The van der Waals surface area contributed by atoms with Gasteiger partial charge in [-0.2, -0.15) is 0 Å². The van der Waals surface area contributed by atoms with Crippen LogP contribution in [-0.2, 0) is 0 Å². The first kappa shape index (κ1) is 16.7. The fraction of sp³-hybridized carbons (Fsp3) is 0.143. The average molecular weight is 328 g/mol. The summed E-state index contributed by atoms with van der Waals surface area (Å²) in [5.74, 6) is 0.674. The summed E-state index contributed by atoms with van der Waals surface area (Å²) in [6.07, 6.45) is 5.49. The summed E-state index contributed by atoms with van der Waals surface area (Å²) in [4.78, 5) is 18.3. The Hall–Kier alpha value is -3.14. The van der Waals surface area contributed by atoms with Crippen LogP contribution in [0.25, 0.3) is 28.5 Å². The molecule has 4 heteroatoms. The molecule has 2 aromatic heterocycles. The van der Waals surface area contributed by atoms with Crippen LogP contribution in [0.2, 0.25) is 0 Å². The Morgan fingerprint density at radius 1 is 0.960 bits per heavy atom. The second-order valence-electron chi connectivity index (χ2n) is 5.61. The van der Waals surface area contributed by atoms with E-state index in [4.69, 9.17) is 9.97 Å². The molecule has 0 radical (unpaired) electrons. The van der Waals surface area contributed by atoms with Gasteiger partial charge in [-0.1, -0.05) is 35.9 Å². The minimum atomic E-state index is 0.674. The van der Waals surface area contributed by atoms with Crippen LogP contribution >= 0.6 is 0 Å². The highest BCUT2D eigenvalue weighted by molar-refractivity contribution is 5.74. The zero-order valence-electron chi connectivity index (χ0n) is 14.6. The van der Waals surface area contributed by atoms with Crippen molar-refractivity contribution < 1.29 is 0 Å². The lowest BCUT2D eigenvalue weighted by molar-refractivity contribution is 1.13. The van der Waals surface area contributed by atoms with E-state index < -0.39 is 0 Å². The van der Waals surface area contributed by atoms with Gasteiger partial charge >= 0.3 is 0 Å². The molecule has 4 nitrogen and oxygen atoms in total. The SMILES string of the molecule is CC=N/C(=C\C)c1cc(-c2ccccn2)nc(-c2cccc(C)c2)n1. The molecule has 3 aromatic rings. The third kappa shape index (κ3) is 3.86. The number of nitrogens with zero attached hydrogens (tertiary/aromatic N) is 4. The summed E-state index contributed by atoms with van der Waals surface area (Å²) in [5.41, 5.74) is 5.35. The van der Waals surface area contributed by atoms with E-state index in [-0.39, 0.29) is 0 Å². The van der Waals surface area contributed by atoms with E-state index in [0.717, 1.165) is 28.3 Å². The van der Waals surface area contributed by atoms with Crippen molar-refractivity contribution in [3.8, 4) is 22.8 Å². The quantitative estimate of drug-likeness (QED) is 0.636. The number of aryl methyl sites for hydroxylation is 1. The van der Waals surface area contributed by atoms with Crippen molar-refractivity contribution >= 4 is 11.9 Å². The molecule has 0 bridgehead atoms. The van der Waals surface area contributed by atoms with Gasteiger partial charge in [-0.25, -0.2) is 9.97 Å². The van der Waals surface area contributed by atoms with Gasteiger partial charge in [0.05, 0.1) is 22.8 Å². The van der Waals surface area contributed by atoms with E-state index in [1.54, 1.807) is 12.4 Å². The van der Waals surface area contributed by atoms with Gasteiger partial charge in [-0.05, 0) is 45.0 Å². The van der Waals surface area contributed by atoms with Gasteiger partial charge in [-0.15, -0.1) is 0 Å². The maximum Gasteiger partial charge on any atom is 0.160 e. The molecule has 0 aliphatic rings. The predicted molar refractivity (Wildman–Crippen MR) is 103 cm³/mol. The topological polar surface area (TPSA) is 51.0 Å². The fourth-order valence-corrected chi connectivity index (χ4v) is 2.56. The van der Waals surface area contributed by atoms with Gasteiger partial charge in [0.2, 0.25) is 0 Å². The molecular weight excluding hydrogens is 308 g/mol. The Morgan fingerprint density at radius 2 is 1.84 bits per heavy atom. The van der Waals surface area contributed by atoms with Crippen molar-refractivity contribution in [1.82, 2.24) is 15.0 Å². The van der Waals surface area contributed by atoms with Crippen molar-refractivity contribution in [2.75, 3.05) is 0 Å². The summed E-state index contributed by atoms with van der Waals surface area (Å²) in [6, 6.07) is 15.9. The molecule has 0 amide bonds. The molecule has 0 saturated carbocycles. The van der Waals surface area contributed by atoms with E-state index in [2.05, 4.69) is 29.0 Å². The van der Waals surface area contributed by atoms with Crippen LogP contribution in [0.15, 0.2) is 65.8 Å². The number of pyridine rings is 1. The van der Waals surface area contributed by atoms with Crippen molar-refractivity contribution in [1.29, 1.82) is 0 Å². The summed E-state index contributed by atoms with van der Waals surface area (Å²) in [5, 5.41) is 0. The largest absolute Gasteiger partial charge is 0.260 e. The normalized spacial score (nSPS) is 11.9. The highest BCUT2D eigenvalue weighted by Gasteiger charge is 2.11. The average Bonchev–Trinajstić information content (AvgIpc) is 2.66. The first-order valence-electron chi connectivity index (χ1n) is 8.24. The standard InChI is InChI=1S/C21H20N4/c1-4-17(22-5-2)19-14-20(18-11-6-7-12-23-18)25-21(24-19)16-10-8-9-15(3)13-16/h4-14H,1-3H3/b17-4-,22-5?. The van der Waals surface area contributed by atoms with Crippen LogP contribution in [0.3, 0.4) is 0 Å². The maximum absolute atomic E-state index is 4.74. The monoisotopic (exact) mass is 328 g/mol. The van der Waals surface area contributed by atoms with Gasteiger partial charge in [0.1, 0.15) is 0 Å². The van der Waals surface area contributed by atoms with Gasteiger partial charge in [0, 0.05) is 18.0 Å². The number of benzene rings is 1. The van der Waals surface area contributed by atoms with Crippen molar-refractivity contribution in [3.63, 3.8) is 0 Å². The van der Waals surface area contributed by atoms with E-state index >= 15 is 0 Å². The van der Waals surface area contributed by atoms with E-state index in [0.29, 0.717) is 5.82 Å². The van der Waals surface area contributed by atoms with Crippen molar-refractivity contribution in [3.05, 3.63) is 72.1 Å². The Labute approximate surface area is 148 Å². The molecule has 124 valence electrons. The van der Waals surface area contributed by atoms with Crippen LogP contribution in [-0.4, -0.2) is 21.2 Å². The molecule has 0 fully saturated rings. The van der Waals surface area contributed by atoms with Gasteiger partial charge in [0.15, 0.2) is 5.82 Å². The first-order chi connectivity index (χ1) is 12.2. The first-order valence-corrected chi connectivity index (χ1v) is 8.24. The van der Waals surface area contributed by atoms with Crippen LogP contribution in [0.5, 0.6) is 0 Å². The molecular formula is C21H20N4. The highest BCUT2D eigenvalue weighted by atomic mass is 14.9. The van der Waals surface area contributed by atoms with Crippen molar-refractivity contribution in [2.24, 2.45) is 4.99 Å². The zero-order chi connectivity index (χ0) is 17.6. The van der Waals surface area contributed by atoms with Crippen LogP contribution < -0.4 is 0 Å². The van der Waals surface area contributed by atoms with Gasteiger partial charge in [-0.3, -0.25) is 9.98 Å². The molecule has 0 spiro atoms. The number of allylic oxidation sites excluding steroid dienone is 1. The molecule has 0 atom stereocenters. The minimum absolute atomic E-state index is 0.674. The second-order valence-corrected chi connectivity index (χ2v) is 5.61. The number of hydrogen-bond acceptors (Lipinski definition) is 4. The summed E-state index contributed by atoms with van der Waals surface area (Å²) < 4.78 is 0. The van der Waals surface area contributed by atoms with Crippen LogP contribution in [0.1, 0.15) is 25.1 Å². The molecule has 0 N–H and O–H groups in total. The molecule has 0 saturated heterocycles. The third-order valence-electron chi connectivity index (χ3n) is 3.73. The Morgan fingerprint density at radius 3 is 2.52 bits per heavy atom. The number of aromatic nitrogens is 3. The zero-order valence-corrected chi connectivity index (χ0v) is 14.6. The number of aliphatic imine (C=N–C) groups is 1. The van der Waals surface area contributed by atoms with Gasteiger partial charge < -0.3 is 0 Å². The number of hydrogen-bond donors (Lipinski definition) is 0. The van der Waals surface area contributed by atoms with Crippen molar-refractivity contribution in [2.45, 2.75) is 20.8 Å². The fourth-order valence-electron chi connectivity index (χ4n) is 2.56. The van der Waals surface area contributed by atoms with E-state index in [1.807, 2.05) is 56.3 Å². The summed E-state index contributed by atoms with van der Waals surface area (Å²) in [7, 11) is 0. The smallest absolute Gasteiger partial charge is 0.160 e. The second kappa shape index (κ2) is 7.62. The lowest BCUT2D eigenvalue weighted by atomic mass is 10.1. The Kier molecular flexibility index (Phi) is 5.09. The van der Waals surface area contributed by atoms with Gasteiger partial charge in [0.25, 0.3) is 0 Å². The lowest BCUT2D eigenvalue weighted by Gasteiger charge is -2.09. The maximum atomic E-state index is 4.74. The van der Waals surface area contributed by atoms with E-state index in [1.165, 1.54) is 5.56 Å². The molecule has 25 heavy (non-hydrogen) atoms. The molecule has 3 rings (SSSR count). The third-order valence-corrected chi connectivity index (χ3v) is 3.73. The summed E-state index contributed by atoms with van der Waals surface area (Å²) in [6.45, 7) is 5.91. The van der Waals surface area contributed by atoms with Crippen LogP contribution in [0.4, 0.5) is 0 Å². The lowest BCUT2D eigenvalue weighted by Crippen LogP contribution is -1.98. The minimum Gasteiger partial charge on any atom is -0.260 e. The summed E-state index contributed by atoms with van der Waals surface area (Å²) >= 11 is 0. The molecule has 0 unspecified atom stereocenters. The molecule has 0 aliphatic carbocycles. The molecule has 0 aliphatic heterocycles. The Bertz CT molecular complexity index is 928. The predicted octanol–water partition coefficient (Wildman–Crippen LogP) is 4.97. The van der Waals surface area contributed by atoms with E-state index in [9.17, 15) is 0 Å². The Balaban J connectivity index is 2.21. The number of rotatable bonds is 4. The van der Waals surface area contributed by atoms with Crippen LogP contribution in [0, 0.1) is 6.92 Å². The molecule has 1 aromatic carbocycles. The highest BCUT2D eigenvalue weighted by Crippen LogP contribution is 2.25.